The van der Waals surface area contributed by atoms with Crippen LogP contribution in [-0.4, -0.2) is 32.5 Å². The van der Waals surface area contributed by atoms with E-state index in [1.165, 1.54) is 6.07 Å². The van der Waals surface area contributed by atoms with Gasteiger partial charge in [0.15, 0.2) is 6.61 Å². The highest BCUT2D eigenvalue weighted by atomic mass is 19.4. The van der Waals surface area contributed by atoms with Crippen LogP contribution in [0.25, 0.3) is 0 Å². The zero-order valence-electron chi connectivity index (χ0n) is 10.6. The molecule has 106 valence electrons. The van der Waals surface area contributed by atoms with E-state index in [1.54, 1.807) is 18.2 Å². The molecule has 0 aromatic heterocycles. The molecule has 0 radical (unpaired) electrons. The van der Waals surface area contributed by atoms with Crippen LogP contribution in [0.1, 0.15) is 6.92 Å². The predicted octanol–water partition coefficient (Wildman–Crippen LogP) is 3.08. The number of rotatable bonds is 5. The van der Waals surface area contributed by atoms with Gasteiger partial charge in [0.05, 0.1) is 18.9 Å². The largest absolute Gasteiger partial charge is 0.482 e. The molecule has 6 heteroatoms. The number of benzene rings is 1. The Morgan fingerprint density at radius 2 is 2.00 bits per heavy atom. The van der Waals surface area contributed by atoms with Crippen LogP contribution in [0.3, 0.4) is 0 Å². The van der Waals surface area contributed by atoms with Gasteiger partial charge in [0, 0.05) is 12.0 Å². The van der Waals surface area contributed by atoms with Crippen molar-refractivity contribution in [3.8, 4) is 5.75 Å². The molecule has 1 aromatic rings. The van der Waals surface area contributed by atoms with Gasteiger partial charge in [-0.2, -0.15) is 13.2 Å². The maximum Gasteiger partial charge on any atom is 0.422 e. The molecule has 0 aliphatic carbocycles. The van der Waals surface area contributed by atoms with Gasteiger partial charge >= 0.3 is 6.18 Å². The van der Waals surface area contributed by atoms with Crippen LogP contribution >= 0.6 is 0 Å². The lowest BCUT2D eigenvalue weighted by Gasteiger charge is -2.38. The minimum absolute atomic E-state index is 0.0388. The van der Waals surface area contributed by atoms with Crippen LogP contribution in [0.5, 0.6) is 5.75 Å². The van der Waals surface area contributed by atoms with Gasteiger partial charge in [-0.15, -0.1) is 0 Å². The average molecular weight is 275 g/mol. The van der Waals surface area contributed by atoms with Crippen molar-refractivity contribution in [1.29, 1.82) is 0 Å². The van der Waals surface area contributed by atoms with E-state index in [2.05, 4.69) is 12.2 Å². The number of alkyl halides is 3. The van der Waals surface area contributed by atoms with Gasteiger partial charge in [-0.05, 0) is 12.1 Å². The van der Waals surface area contributed by atoms with Crippen molar-refractivity contribution in [3.63, 3.8) is 0 Å². The summed E-state index contributed by atoms with van der Waals surface area (Å²) in [5.74, 6) is 0.212. The van der Waals surface area contributed by atoms with Gasteiger partial charge in [0.1, 0.15) is 5.75 Å². The molecule has 0 atom stereocenters. The SMILES string of the molecule is CC1(CNc2ccccc2OCC(F)(F)F)COC1. The standard InChI is InChI=1S/C13H16F3NO2/c1-12(7-18-8-12)6-17-10-4-2-3-5-11(10)19-9-13(14,15)16/h2-5,17H,6-9H2,1H3. The summed E-state index contributed by atoms with van der Waals surface area (Å²) in [6.45, 7) is 2.73. The molecule has 19 heavy (non-hydrogen) atoms. The highest BCUT2D eigenvalue weighted by molar-refractivity contribution is 5.56. The molecular weight excluding hydrogens is 259 g/mol. The highest BCUT2D eigenvalue weighted by Gasteiger charge is 2.33. The van der Waals surface area contributed by atoms with Crippen molar-refractivity contribution in [1.82, 2.24) is 0 Å². The van der Waals surface area contributed by atoms with Crippen LogP contribution in [-0.2, 0) is 4.74 Å². The van der Waals surface area contributed by atoms with Crippen LogP contribution in [0.15, 0.2) is 24.3 Å². The number of hydrogen-bond acceptors (Lipinski definition) is 3. The van der Waals surface area contributed by atoms with Crippen LogP contribution in [0, 0.1) is 5.41 Å². The van der Waals surface area contributed by atoms with Gasteiger partial charge in [-0.1, -0.05) is 19.1 Å². The maximum absolute atomic E-state index is 12.1. The summed E-state index contributed by atoms with van der Waals surface area (Å²) in [5, 5.41) is 3.12. The van der Waals surface area contributed by atoms with Gasteiger partial charge < -0.3 is 14.8 Å². The van der Waals surface area contributed by atoms with Crippen LogP contribution in [0.4, 0.5) is 18.9 Å². The van der Waals surface area contributed by atoms with Gasteiger partial charge in [0.25, 0.3) is 0 Å². The lowest BCUT2D eigenvalue weighted by molar-refractivity contribution is -0.153. The molecule has 0 amide bonds. The van der Waals surface area contributed by atoms with Crippen molar-refractivity contribution < 1.29 is 22.6 Å². The topological polar surface area (TPSA) is 30.5 Å². The quantitative estimate of drug-likeness (QED) is 0.895. The number of anilines is 1. The first-order valence-corrected chi connectivity index (χ1v) is 5.98. The van der Waals surface area contributed by atoms with E-state index in [-0.39, 0.29) is 11.2 Å². The molecule has 1 aliphatic heterocycles. The van der Waals surface area contributed by atoms with Crippen LogP contribution < -0.4 is 10.1 Å². The second-order valence-corrected chi connectivity index (χ2v) is 5.06. The molecule has 0 unspecified atom stereocenters. The maximum atomic E-state index is 12.1. The normalized spacial score (nSPS) is 17.7. The molecule has 1 saturated heterocycles. The Kier molecular flexibility index (Phi) is 3.89. The summed E-state index contributed by atoms with van der Waals surface area (Å²) >= 11 is 0. The predicted molar refractivity (Wildman–Crippen MR) is 65.4 cm³/mol. The second kappa shape index (κ2) is 5.28. The third-order valence-electron chi connectivity index (χ3n) is 2.89. The Morgan fingerprint density at radius 3 is 2.58 bits per heavy atom. The van der Waals surface area contributed by atoms with E-state index in [4.69, 9.17) is 9.47 Å². The van der Waals surface area contributed by atoms with Gasteiger partial charge in [0.2, 0.25) is 0 Å². The van der Waals surface area contributed by atoms with E-state index in [0.29, 0.717) is 25.4 Å². The molecule has 0 spiro atoms. The van der Waals surface area contributed by atoms with E-state index in [9.17, 15) is 13.2 Å². The molecule has 0 bridgehead atoms. The molecule has 1 aromatic carbocycles. The summed E-state index contributed by atoms with van der Waals surface area (Å²) in [6.07, 6.45) is -4.33. The molecule has 1 heterocycles. The zero-order chi connectivity index (χ0) is 13.9. The Balaban J connectivity index is 1.95. The summed E-state index contributed by atoms with van der Waals surface area (Å²) in [4.78, 5) is 0. The molecule has 0 saturated carbocycles. The van der Waals surface area contributed by atoms with Crippen molar-refractivity contribution in [2.75, 3.05) is 31.7 Å². The minimum atomic E-state index is -4.33. The Morgan fingerprint density at radius 1 is 1.32 bits per heavy atom. The van der Waals surface area contributed by atoms with Crippen molar-refractivity contribution in [2.24, 2.45) is 5.41 Å². The van der Waals surface area contributed by atoms with E-state index in [0.717, 1.165) is 0 Å². The molecule has 1 aliphatic rings. The van der Waals surface area contributed by atoms with Crippen molar-refractivity contribution in [3.05, 3.63) is 24.3 Å². The van der Waals surface area contributed by atoms with E-state index in [1.807, 2.05) is 0 Å². The van der Waals surface area contributed by atoms with Gasteiger partial charge in [-0.25, -0.2) is 0 Å². The summed E-state index contributed by atoms with van der Waals surface area (Å²) in [6, 6.07) is 6.62. The molecule has 1 N–H and O–H groups in total. The Labute approximate surface area is 109 Å². The number of nitrogens with one attached hydrogen (secondary N) is 1. The van der Waals surface area contributed by atoms with Gasteiger partial charge in [-0.3, -0.25) is 0 Å². The average Bonchev–Trinajstić information content (AvgIpc) is 2.31. The lowest BCUT2D eigenvalue weighted by Crippen LogP contribution is -2.45. The van der Waals surface area contributed by atoms with E-state index < -0.39 is 12.8 Å². The minimum Gasteiger partial charge on any atom is -0.482 e. The fourth-order valence-electron chi connectivity index (χ4n) is 1.76. The first-order valence-electron chi connectivity index (χ1n) is 5.98. The zero-order valence-corrected chi connectivity index (χ0v) is 10.6. The molecule has 2 rings (SSSR count). The van der Waals surface area contributed by atoms with Crippen molar-refractivity contribution in [2.45, 2.75) is 13.1 Å². The molecule has 3 nitrogen and oxygen atoms in total. The number of ether oxygens (including phenoxy) is 2. The smallest absolute Gasteiger partial charge is 0.422 e. The summed E-state index contributed by atoms with van der Waals surface area (Å²) in [7, 11) is 0. The summed E-state index contributed by atoms with van der Waals surface area (Å²) < 4.78 is 46.4. The molecular formula is C13H16F3NO2. The first-order chi connectivity index (χ1) is 8.88. The monoisotopic (exact) mass is 275 g/mol. The third-order valence-corrected chi connectivity index (χ3v) is 2.89. The van der Waals surface area contributed by atoms with Crippen LogP contribution in [0.2, 0.25) is 0 Å². The Hall–Kier alpha value is -1.43. The number of hydrogen-bond donors (Lipinski definition) is 1. The fourth-order valence-corrected chi connectivity index (χ4v) is 1.76. The Bertz CT molecular complexity index is 430. The van der Waals surface area contributed by atoms with Crippen molar-refractivity contribution >= 4 is 5.69 Å². The van der Waals surface area contributed by atoms with E-state index >= 15 is 0 Å². The molecule has 1 fully saturated rings. The number of halogens is 3. The third kappa shape index (κ3) is 4.02. The summed E-state index contributed by atoms with van der Waals surface area (Å²) in [5.41, 5.74) is 0.608. The lowest BCUT2D eigenvalue weighted by atomic mass is 9.88. The second-order valence-electron chi connectivity index (χ2n) is 5.06. The first kappa shape index (κ1) is 14.0. The highest BCUT2D eigenvalue weighted by Crippen LogP contribution is 2.30. The fraction of sp³-hybridized carbons (Fsp3) is 0.538. The number of para-hydroxylation sites is 2.